The molecule has 0 saturated heterocycles. The molecular formula is C14H13N2S+. The average molecular weight is 241 g/mol. The Morgan fingerprint density at radius 3 is 2.82 bits per heavy atom. The third-order valence-corrected chi connectivity index (χ3v) is 3.88. The molecule has 2 nitrogen and oxygen atoms in total. The van der Waals surface area contributed by atoms with Gasteiger partial charge in [0, 0.05) is 6.07 Å². The highest BCUT2D eigenvalue weighted by Gasteiger charge is 2.09. The maximum atomic E-state index is 4.73. The van der Waals surface area contributed by atoms with Crippen LogP contribution in [0.4, 0.5) is 0 Å². The van der Waals surface area contributed by atoms with Crippen LogP contribution in [0.3, 0.4) is 0 Å². The third kappa shape index (κ3) is 1.83. The highest BCUT2D eigenvalue weighted by molar-refractivity contribution is 7.21. The molecule has 0 atom stereocenters. The Morgan fingerprint density at radius 2 is 2.06 bits per heavy atom. The lowest BCUT2D eigenvalue weighted by Gasteiger charge is -1.92. The highest BCUT2D eigenvalue weighted by Crippen LogP contribution is 2.30. The number of nitrogens with zero attached hydrogens (tertiary/aromatic N) is 2. The number of benzene rings is 1. The van der Waals surface area contributed by atoms with Crippen LogP contribution in [0.25, 0.3) is 20.8 Å². The van der Waals surface area contributed by atoms with Gasteiger partial charge in [-0.25, -0.2) is 9.55 Å². The zero-order valence-corrected chi connectivity index (χ0v) is 10.7. The first-order valence-corrected chi connectivity index (χ1v) is 6.37. The monoisotopic (exact) mass is 241 g/mol. The standard InChI is InChI=1S/C14H13N2S/c1-10-5-3-7-12-13(10)15-14(17-12)11-6-4-8-16(2)9-11/h3-9H,1-2H3/q+1. The van der Waals surface area contributed by atoms with Gasteiger partial charge in [0.2, 0.25) is 0 Å². The number of fused-ring (bicyclic) bond motifs is 1. The molecule has 3 heteroatoms. The zero-order chi connectivity index (χ0) is 11.8. The topological polar surface area (TPSA) is 16.8 Å². The quantitative estimate of drug-likeness (QED) is 0.598. The van der Waals surface area contributed by atoms with Crippen molar-refractivity contribution in [2.45, 2.75) is 6.92 Å². The summed E-state index contributed by atoms with van der Waals surface area (Å²) in [4.78, 5) is 4.73. The molecule has 0 aliphatic heterocycles. The van der Waals surface area contributed by atoms with Crippen LogP contribution in [-0.2, 0) is 7.05 Å². The van der Waals surface area contributed by atoms with E-state index in [0.29, 0.717) is 0 Å². The second-order valence-corrected chi connectivity index (χ2v) is 5.23. The number of para-hydroxylation sites is 1. The Morgan fingerprint density at radius 1 is 1.18 bits per heavy atom. The van der Waals surface area contributed by atoms with Gasteiger partial charge >= 0.3 is 0 Å². The van der Waals surface area contributed by atoms with Crippen molar-refractivity contribution in [3.8, 4) is 10.6 Å². The second-order valence-electron chi connectivity index (χ2n) is 4.20. The van der Waals surface area contributed by atoms with Crippen LogP contribution in [0.1, 0.15) is 5.56 Å². The van der Waals surface area contributed by atoms with Crippen molar-refractivity contribution in [3.05, 3.63) is 48.3 Å². The van der Waals surface area contributed by atoms with Gasteiger partial charge in [-0.15, -0.1) is 11.3 Å². The van der Waals surface area contributed by atoms with Crippen LogP contribution in [0.15, 0.2) is 42.7 Å². The van der Waals surface area contributed by atoms with Gasteiger partial charge in [0.05, 0.1) is 15.8 Å². The van der Waals surface area contributed by atoms with E-state index in [9.17, 15) is 0 Å². The molecule has 84 valence electrons. The van der Waals surface area contributed by atoms with Gasteiger partial charge in [0.15, 0.2) is 12.4 Å². The molecule has 0 aliphatic rings. The second kappa shape index (κ2) is 3.93. The summed E-state index contributed by atoms with van der Waals surface area (Å²) in [5, 5.41) is 1.09. The molecule has 0 aliphatic carbocycles. The predicted octanol–water partition coefficient (Wildman–Crippen LogP) is 3.10. The third-order valence-electron chi connectivity index (χ3n) is 2.81. The SMILES string of the molecule is Cc1cccc2sc(-c3ccc[n+](C)c3)nc12. The predicted molar refractivity (Wildman–Crippen MR) is 71.0 cm³/mol. The highest BCUT2D eigenvalue weighted by atomic mass is 32.1. The maximum Gasteiger partial charge on any atom is 0.178 e. The lowest BCUT2D eigenvalue weighted by molar-refractivity contribution is -0.671. The number of rotatable bonds is 1. The first-order valence-electron chi connectivity index (χ1n) is 5.56. The van der Waals surface area contributed by atoms with E-state index < -0.39 is 0 Å². The van der Waals surface area contributed by atoms with E-state index in [4.69, 9.17) is 4.98 Å². The zero-order valence-electron chi connectivity index (χ0n) is 9.84. The largest absolute Gasteiger partial charge is 0.236 e. The van der Waals surface area contributed by atoms with Gasteiger partial charge in [0.1, 0.15) is 12.1 Å². The molecule has 2 aromatic heterocycles. The molecule has 0 unspecified atom stereocenters. The molecule has 0 radical (unpaired) electrons. The molecule has 0 spiro atoms. The summed E-state index contributed by atoms with van der Waals surface area (Å²) in [6.45, 7) is 2.11. The smallest absolute Gasteiger partial charge is 0.178 e. The Balaban J connectivity index is 2.22. The van der Waals surface area contributed by atoms with Crippen LogP contribution in [0.2, 0.25) is 0 Å². The fourth-order valence-electron chi connectivity index (χ4n) is 1.92. The van der Waals surface area contributed by atoms with Gasteiger partial charge in [-0.1, -0.05) is 12.1 Å². The summed E-state index contributed by atoms with van der Waals surface area (Å²) in [5.41, 5.74) is 3.54. The minimum atomic E-state index is 1.09. The van der Waals surface area contributed by atoms with Gasteiger partial charge in [-0.05, 0) is 24.6 Å². The van der Waals surface area contributed by atoms with Crippen molar-refractivity contribution in [1.82, 2.24) is 4.98 Å². The Hall–Kier alpha value is -1.74. The summed E-state index contributed by atoms with van der Waals surface area (Å²) in [6, 6.07) is 10.5. The first kappa shape index (κ1) is 10.4. The van der Waals surface area contributed by atoms with Crippen LogP contribution >= 0.6 is 11.3 Å². The molecule has 2 heterocycles. The molecule has 0 saturated carbocycles. The molecule has 0 fully saturated rings. The van der Waals surface area contributed by atoms with E-state index >= 15 is 0 Å². The number of pyridine rings is 1. The number of hydrogen-bond acceptors (Lipinski definition) is 2. The minimum Gasteiger partial charge on any atom is -0.236 e. The summed E-state index contributed by atoms with van der Waals surface area (Å²) < 4.78 is 3.31. The number of aromatic nitrogens is 2. The lowest BCUT2D eigenvalue weighted by Crippen LogP contribution is -2.26. The summed E-state index contributed by atoms with van der Waals surface area (Å²) >= 11 is 1.75. The Kier molecular flexibility index (Phi) is 2.41. The normalized spacial score (nSPS) is 10.9. The van der Waals surface area contributed by atoms with Crippen molar-refractivity contribution in [2.75, 3.05) is 0 Å². The molecule has 0 bridgehead atoms. The Bertz CT molecular complexity index is 686. The van der Waals surface area contributed by atoms with E-state index in [2.05, 4.69) is 37.4 Å². The van der Waals surface area contributed by atoms with Gasteiger partial charge in [0.25, 0.3) is 0 Å². The van der Waals surface area contributed by atoms with Gasteiger partial charge in [-0.3, -0.25) is 0 Å². The Labute approximate surface area is 104 Å². The molecule has 17 heavy (non-hydrogen) atoms. The lowest BCUT2D eigenvalue weighted by atomic mass is 10.2. The van der Waals surface area contributed by atoms with E-state index in [0.717, 1.165) is 10.5 Å². The summed E-state index contributed by atoms with van der Waals surface area (Å²) in [5.74, 6) is 0. The molecule has 0 N–H and O–H groups in total. The van der Waals surface area contributed by atoms with Crippen molar-refractivity contribution in [3.63, 3.8) is 0 Å². The van der Waals surface area contributed by atoms with Gasteiger partial charge in [-0.2, -0.15) is 0 Å². The molecule has 1 aromatic carbocycles. The van der Waals surface area contributed by atoms with Gasteiger partial charge < -0.3 is 0 Å². The van der Waals surface area contributed by atoms with Crippen molar-refractivity contribution in [2.24, 2.45) is 7.05 Å². The van der Waals surface area contributed by atoms with Crippen molar-refractivity contribution < 1.29 is 4.57 Å². The van der Waals surface area contributed by atoms with E-state index in [-0.39, 0.29) is 0 Å². The molecule has 3 aromatic rings. The van der Waals surface area contributed by atoms with E-state index in [1.165, 1.54) is 15.8 Å². The van der Waals surface area contributed by atoms with E-state index in [1.54, 1.807) is 11.3 Å². The van der Waals surface area contributed by atoms with Crippen LogP contribution in [0, 0.1) is 6.92 Å². The fourth-order valence-corrected chi connectivity index (χ4v) is 2.96. The minimum absolute atomic E-state index is 1.09. The van der Waals surface area contributed by atoms with Crippen molar-refractivity contribution >= 4 is 21.6 Å². The number of aryl methyl sites for hydroxylation is 2. The first-order chi connectivity index (χ1) is 8.24. The molecule has 3 rings (SSSR count). The maximum absolute atomic E-state index is 4.73. The fraction of sp³-hybridized carbons (Fsp3) is 0.143. The number of hydrogen-bond donors (Lipinski definition) is 0. The van der Waals surface area contributed by atoms with Crippen LogP contribution < -0.4 is 4.57 Å². The van der Waals surface area contributed by atoms with Crippen LogP contribution in [0.5, 0.6) is 0 Å². The summed E-state index contributed by atoms with van der Waals surface area (Å²) in [7, 11) is 2.03. The van der Waals surface area contributed by atoms with E-state index in [1.807, 2.05) is 23.9 Å². The average Bonchev–Trinajstić information content (AvgIpc) is 2.74. The van der Waals surface area contributed by atoms with Crippen LogP contribution in [-0.4, -0.2) is 4.98 Å². The molecule has 0 amide bonds. The summed E-state index contributed by atoms with van der Waals surface area (Å²) in [6.07, 6.45) is 4.13. The van der Waals surface area contributed by atoms with Crippen molar-refractivity contribution in [1.29, 1.82) is 0 Å². The number of thiazole rings is 1. The molecular weight excluding hydrogens is 228 g/mol.